The Kier molecular flexibility index (Phi) is 3.54. The van der Waals surface area contributed by atoms with Gasteiger partial charge in [-0.1, -0.05) is 12.8 Å². The standard InChI is InChI=1S/C16H24N2O/c1-19-16-11-13(8-9-14(16)17)18-10-4-7-15(18)12-5-2-3-6-12/h8-9,11-12,15H,2-7,10,17H2,1H3. The first-order valence-electron chi connectivity index (χ1n) is 7.50. The lowest BCUT2D eigenvalue weighted by Crippen LogP contribution is -2.34. The molecule has 19 heavy (non-hydrogen) atoms. The molecule has 1 aliphatic heterocycles. The van der Waals surface area contributed by atoms with Crippen LogP contribution in [0.5, 0.6) is 5.75 Å². The van der Waals surface area contributed by atoms with E-state index in [1.165, 1.54) is 50.8 Å². The second kappa shape index (κ2) is 5.32. The van der Waals surface area contributed by atoms with Gasteiger partial charge in [0.25, 0.3) is 0 Å². The van der Waals surface area contributed by atoms with Crippen molar-refractivity contribution in [3.63, 3.8) is 0 Å². The summed E-state index contributed by atoms with van der Waals surface area (Å²) in [4.78, 5) is 2.58. The van der Waals surface area contributed by atoms with Gasteiger partial charge in [-0.3, -0.25) is 0 Å². The summed E-state index contributed by atoms with van der Waals surface area (Å²) in [7, 11) is 1.69. The van der Waals surface area contributed by atoms with E-state index in [4.69, 9.17) is 10.5 Å². The summed E-state index contributed by atoms with van der Waals surface area (Å²) in [6.45, 7) is 1.17. The van der Waals surface area contributed by atoms with Crippen LogP contribution in [0.1, 0.15) is 38.5 Å². The molecule has 2 N–H and O–H groups in total. The normalized spacial score (nSPS) is 24.1. The van der Waals surface area contributed by atoms with Crippen molar-refractivity contribution in [2.45, 2.75) is 44.6 Å². The highest BCUT2D eigenvalue weighted by atomic mass is 16.5. The lowest BCUT2D eigenvalue weighted by molar-refractivity contribution is 0.415. The zero-order valence-electron chi connectivity index (χ0n) is 11.8. The van der Waals surface area contributed by atoms with Gasteiger partial charge in [0.05, 0.1) is 12.8 Å². The zero-order chi connectivity index (χ0) is 13.2. The fourth-order valence-corrected chi connectivity index (χ4v) is 3.82. The summed E-state index contributed by atoms with van der Waals surface area (Å²) in [5.74, 6) is 1.70. The number of nitrogens with two attached hydrogens (primary N) is 1. The molecule has 0 amide bonds. The van der Waals surface area contributed by atoms with Crippen LogP contribution in [0.25, 0.3) is 0 Å². The van der Waals surface area contributed by atoms with Crippen LogP contribution < -0.4 is 15.4 Å². The van der Waals surface area contributed by atoms with Crippen LogP contribution in [0.3, 0.4) is 0 Å². The van der Waals surface area contributed by atoms with E-state index in [0.717, 1.165) is 23.4 Å². The van der Waals surface area contributed by atoms with E-state index in [-0.39, 0.29) is 0 Å². The molecule has 3 heteroatoms. The van der Waals surface area contributed by atoms with Crippen LogP contribution in [0, 0.1) is 5.92 Å². The number of benzene rings is 1. The SMILES string of the molecule is COc1cc(N2CCCC2C2CCCC2)ccc1N. The molecular weight excluding hydrogens is 236 g/mol. The summed E-state index contributed by atoms with van der Waals surface area (Å²) in [5, 5.41) is 0. The molecule has 3 rings (SSSR count). The largest absolute Gasteiger partial charge is 0.495 e. The van der Waals surface area contributed by atoms with E-state index in [9.17, 15) is 0 Å². The molecule has 0 aromatic heterocycles. The third-order valence-corrected chi connectivity index (χ3v) is 4.79. The summed E-state index contributed by atoms with van der Waals surface area (Å²) in [6.07, 6.45) is 8.31. The van der Waals surface area contributed by atoms with Gasteiger partial charge < -0.3 is 15.4 Å². The molecule has 2 aliphatic rings. The molecule has 3 nitrogen and oxygen atoms in total. The minimum Gasteiger partial charge on any atom is -0.495 e. The van der Waals surface area contributed by atoms with Gasteiger partial charge in [0.15, 0.2) is 0 Å². The molecule has 1 aliphatic carbocycles. The fraction of sp³-hybridized carbons (Fsp3) is 0.625. The monoisotopic (exact) mass is 260 g/mol. The van der Waals surface area contributed by atoms with Gasteiger partial charge in [0.1, 0.15) is 5.75 Å². The van der Waals surface area contributed by atoms with Crippen molar-refractivity contribution >= 4 is 11.4 Å². The minimum atomic E-state index is 0.725. The van der Waals surface area contributed by atoms with Crippen LogP contribution in [0.2, 0.25) is 0 Å². The summed E-state index contributed by atoms with van der Waals surface area (Å²) in [5.41, 5.74) is 7.91. The van der Waals surface area contributed by atoms with Crippen molar-refractivity contribution in [3.05, 3.63) is 18.2 Å². The van der Waals surface area contributed by atoms with Gasteiger partial charge in [-0.05, 0) is 43.7 Å². The van der Waals surface area contributed by atoms with E-state index in [1.54, 1.807) is 7.11 Å². The van der Waals surface area contributed by atoms with E-state index >= 15 is 0 Å². The summed E-state index contributed by atoms with van der Waals surface area (Å²) in [6, 6.07) is 6.95. The predicted molar refractivity (Wildman–Crippen MR) is 79.7 cm³/mol. The van der Waals surface area contributed by atoms with Crippen molar-refractivity contribution in [2.75, 3.05) is 24.3 Å². The highest BCUT2D eigenvalue weighted by Gasteiger charge is 2.33. The molecule has 0 radical (unpaired) electrons. The first-order valence-corrected chi connectivity index (χ1v) is 7.50. The van der Waals surface area contributed by atoms with Gasteiger partial charge in [-0.25, -0.2) is 0 Å². The maximum Gasteiger partial charge on any atom is 0.143 e. The molecule has 1 saturated carbocycles. The molecule has 1 heterocycles. The number of methoxy groups -OCH3 is 1. The quantitative estimate of drug-likeness (QED) is 0.846. The molecule has 2 fully saturated rings. The number of ether oxygens (including phenoxy) is 1. The second-order valence-electron chi connectivity index (χ2n) is 5.87. The Morgan fingerprint density at radius 2 is 1.95 bits per heavy atom. The number of nitrogen functional groups attached to an aromatic ring is 1. The summed E-state index contributed by atoms with van der Waals surface area (Å²) < 4.78 is 5.35. The van der Waals surface area contributed by atoms with Crippen molar-refractivity contribution < 1.29 is 4.74 Å². The third kappa shape index (κ3) is 2.38. The average molecular weight is 260 g/mol. The fourth-order valence-electron chi connectivity index (χ4n) is 3.82. The molecule has 1 aromatic carbocycles. The van der Waals surface area contributed by atoms with Crippen molar-refractivity contribution in [1.29, 1.82) is 0 Å². The Labute approximate surface area is 115 Å². The van der Waals surface area contributed by atoms with Gasteiger partial charge in [0, 0.05) is 24.3 Å². The van der Waals surface area contributed by atoms with Crippen LogP contribution in [-0.2, 0) is 0 Å². The Morgan fingerprint density at radius 3 is 2.68 bits per heavy atom. The van der Waals surface area contributed by atoms with Gasteiger partial charge in [-0.2, -0.15) is 0 Å². The van der Waals surface area contributed by atoms with Crippen molar-refractivity contribution in [3.8, 4) is 5.75 Å². The van der Waals surface area contributed by atoms with Crippen molar-refractivity contribution in [2.24, 2.45) is 5.92 Å². The number of nitrogens with zero attached hydrogens (tertiary/aromatic N) is 1. The number of hydrogen-bond acceptors (Lipinski definition) is 3. The van der Waals surface area contributed by atoms with Crippen LogP contribution >= 0.6 is 0 Å². The lowest BCUT2D eigenvalue weighted by Gasteiger charge is -2.31. The molecule has 1 unspecified atom stereocenters. The molecule has 1 aromatic rings. The zero-order valence-corrected chi connectivity index (χ0v) is 11.8. The topological polar surface area (TPSA) is 38.5 Å². The Hall–Kier alpha value is -1.38. The van der Waals surface area contributed by atoms with Gasteiger partial charge in [0.2, 0.25) is 0 Å². The van der Waals surface area contributed by atoms with Gasteiger partial charge >= 0.3 is 0 Å². The van der Waals surface area contributed by atoms with E-state index in [1.807, 2.05) is 6.07 Å². The first-order chi connectivity index (χ1) is 9.29. The predicted octanol–water partition coefficient (Wildman–Crippen LogP) is 3.44. The highest BCUT2D eigenvalue weighted by molar-refractivity contribution is 5.63. The summed E-state index contributed by atoms with van der Waals surface area (Å²) >= 11 is 0. The highest BCUT2D eigenvalue weighted by Crippen LogP contribution is 2.39. The van der Waals surface area contributed by atoms with E-state index in [0.29, 0.717) is 0 Å². The molecule has 0 spiro atoms. The molecule has 104 valence electrons. The Bertz CT molecular complexity index is 440. The maximum absolute atomic E-state index is 5.91. The molecular formula is C16H24N2O. The number of rotatable bonds is 3. The maximum atomic E-state index is 5.91. The lowest BCUT2D eigenvalue weighted by atomic mass is 9.95. The smallest absolute Gasteiger partial charge is 0.143 e. The molecule has 1 saturated heterocycles. The van der Waals surface area contributed by atoms with Crippen LogP contribution in [0.4, 0.5) is 11.4 Å². The Morgan fingerprint density at radius 1 is 1.16 bits per heavy atom. The Balaban J connectivity index is 1.83. The molecule has 0 bridgehead atoms. The van der Waals surface area contributed by atoms with E-state index < -0.39 is 0 Å². The van der Waals surface area contributed by atoms with Crippen molar-refractivity contribution in [1.82, 2.24) is 0 Å². The average Bonchev–Trinajstić information content (AvgIpc) is 3.09. The number of anilines is 2. The van der Waals surface area contributed by atoms with Crippen LogP contribution in [0.15, 0.2) is 18.2 Å². The van der Waals surface area contributed by atoms with Gasteiger partial charge in [-0.15, -0.1) is 0 Å². The third-order valence-electron chi connectivity index (χ3n) is 4.79. The molecule has 1 atom stereocenters. The van der Waals surface area contributed by atoms with E-state index in [2.05, 4.69) is 17.0 Å². The second-order valence-corrected chi connectivity index (χ2v) is 5.87. The first kappa shape index (κ1) is 12.6. The minimum absolute atomic E-state index is 0.725. The van der Waals surface area contributed by atoms with Crippen LogP contribution in [-0.4, -0.2) is 19.7 Å². The number of hydrogen-bond donors (Lipinski definition) is 1.